The predicted octanol–water partition coefficient (Wildman–Crippen LogP) is 4.60. The van der Waals surface area contributed by atoms with Crippen LogP contribution in [0.2, 0.25) is 0 Å². The average molecular weight is 359 g/mol. The standard InChI is InChI=1S/C21H17N3OS/c1-14-8-10-26-20(14)13-23-21(25)17-11-19(15-5-4-9-22-12-15)24-18-7-3-2-6-16(17)18/h2-12H,13H2,1H3,(H,23,25). The number of benzene rings is 1. The number of hydrogen-bond acceptors (Lipinski definition) is 4. The highest BCUT2D eigenvalue weighted by atomic mass is 32.1. The molecule has 1 amide bonds. The number of hydrogen-bond donors (Lipinski definition) is 1. The first-order valence-corrected chi connectivity index (χ1v) is 9.22. The number of fused-ring (bicyclic) bond motifs is 1. The summed E-state index contributed by atoms with van der Waals surface area (Å²) in [5.74, 6) is -0.0958. The fraction of sp³-hybridized carbons (Fsp3) is 0.0952. The molecule has 4 aromatic rings. The van der Waals surface area contributed by atoms with Crippen molar-refractivity contribution in [3.8, 4) is 11.3 Å². The molecular weight excluding hydrogens is 342 g/mol. The highest BCUT2D eigenvalue weighted by Gasteiger charge is 2.14. The summed E-state index contributed by atoms with van der Waals surface area (Å²) in [6.07, 6.45) is 3.48. The summed E-state index contributed by atoms with van der Waals surface area (Å²) in [4.78, 5) is 22.9. The number of nitrogens with zero attached hydrogens (tertiary/aromatic N) is 2. The summed E-state index contributed by atoms with van der Waals surface area (Å²) in [6, 6.07) is 15.4. The van der Waals surface area contributed by atoms with E-state index in [1.54, 1.807) is 23.7 Å². The van der Waals surface area contributed by atoms with E-state index in [0.29, 0.717) is 12.1 Å². The highest BCUT2D eigenvalue weighted by Crippen LogP contribution is 2.24. The van der Waals surface area contributed by atoms with Gasteiger partial charge in [-0.05, 0) is 48.2 Å². The molecule has 0 radical (unpaired) electrons. The number of carbonyl (C=O) groups is 1. The fourth-order valence-electron chi connectivity index (χ4n) is 2.87. The van der Waals surface area contributed by atoms with Gasteiger partial charge >= 0.3 is 0 Å². The molecule has 0 unspecified atom stereocenters. The Labute approximate surface area is 155 Å². The first-order chi connectivity index (χ1) is 12.7. The monoisotopic (exact) mass is 359 g/mol. The summed E-state index contributed by atoms with van der Waals surface area (Å²) in [5, 5.41) is 5.93. The number of aryl methyl sites for hydroxylation is 1. The Hall–Kier alpha value is -3.05. The van der Waals surface area contributed by atoms with Crippen molar-refractivity contribution in [1.82, 2.24) is 15.3 Å². The maximum absolute atomic E-state index is 12.9. The van der Waals surface area contributed by atoms with Crippen LogP contribution >= 0.6 is 11.3 Å². The fourth-order valence-corrected chi connectivity index (χ4v) is 3.71. The summed E-state index contributed by atoms with van der Waals surface area (Å²) in [7, 11) is 0. The number of aromatic nitrogens is 2. The van der Waals surface area contributed by atoms with Crippen molar-refractivity contribution in [2.75, 3.05) is 0 Å². The number of carbonyl (C=O) groups excluding carboxylic acids is 1. The molecule has 0 atom stereocenters. The van der Waals surface area contributed by atoms with Crippen molar-refractivity contribution in [2.24, 2.45) is 0 Å². The molecule has 1 aromatic carbocycles. The zero-order valence-electron chi connectivity index (χ0n) is 14.3. The lowest BCUT2D eigenvalue weighted by Gasteiger charge is -2.10. The van der Waals surface area contributed by atoms with E-state index in [1.165, 1.54) is 10.4 Å². The van der Waals surface area contributed by atoms with E-state index in [2.05, 4.69) is 23.3 Å². The van der Waals surface area contributed by atoms with Crippen LogP contribution in [0.4, 0.5) is 0 Å². The van der Waals surface area contributed by atoms with Gasteiger partial charge in [0.15, 0.2) is 0 Å². The molecule has 0 aliphatic rings. The van der Waals surface area contributed by atoms with Crippen molar-refractivity contribution < 1.29 is 4.79 Å². The van der Waals surface area contributed by atoms with Gasteiger partial charge in [-0.1, -0.05) is 18.2 Å². The van der Waals surface area contributed by atoms with E-state index in [0.717, 1.165) is 22.2 Å². The second kappa shape index (κ2) is 7.06. The Morgan fingerprint density at radius 1 is 1.15 bits per heavy atom. The SMILES string of the molecule is Cc1ccsc1CNC(=O)c1cc(-c2cccnc2)nc2ccccc12. The first kappa shape index (κ1) is 16.4. The minimum absolute atomic E-state index is 0.0958. The Morgan fingerprint density at radius 2 is 2.04 bits per heavy atom. The molecule has 0 aliphatic heterocycles. The van der Waals surface area contributed by atoms with Crippen LogP contribution in [-0.4, -0.2) is 15.9 Å². The van der Waals surface area contributed by atoms with Crippen LogP contribution in [0, 0.1) is 6.92 Å². The number of thiophene rings is 1. The number of rotatable bonds is 4. The second-order valence-corrected chi connectivity index (χ2v) is 7.02. The van der Waals surface area contributed by atoms with Crippen LogP contribution in [0.1, 0.15) is 20.8 Å². The quantitative estimate of drug-likeness (QED) is 0.579. The smallest absolute Gasteiger partial charge is 0.252 e. The molecule has 1 N–H and O–H groups in total. The lowest BCUT2D eigenvalue weighted by Crippen LogP contribution is -2.23. The van der Waals surface area contributed by atoms with Crippen molar-refractivity contribution >= 4 is 28.1 Å². The molecule has 26 heavy (non-hydrogen) atoms. The molecule has 0 saturated heterocycles. The Balaban J connectivity index is 1.73. The Kier molecular flexibility index (Phi) is 4.46. The van der Waals surface area contributed by atoms with Crippen LogP contribution in [0.25, 0.3) is 22.2 Å². The summed E-state index contributed by atoms with van der Waals surface area (Å²) in [6.45, 7) is 2.58. The molecule has 0 saturated carbocycles. The largest absolute Gasteiger partial charge is 0.347 e. The van der Waals surface area contributed by atoms with E-state index in [-0.39, 0.29) is 5.91 Å². The maximum Gasteiger partial charge on any atom is 0.252 e. The number of amides is 1. The summed E-state index contributed by atoms with van der Waals surface area (Å²) >= 11 is 1.66. The molecule has 0 bridgehead atoms. The lowest BCUT2D eigenvalue weighted by atomic mass is 10.0. The van der Waals surface area contributed by atoms with Crippen LogP contribution < -0.4 is 5.32 Å². The molecule has 3 heterocycles. The van der Waals surface area contributed by atoms with Gasteiger partial charge < -0.3 is 5.32 Å². The molecule has 5 heteroatoms. The zero-order chi connectivity index (χ0) is 17.9. The van der Waals surface area contributed by atoms with Crippen molar-refractivity contribution in [3.05, 3.63) is 82.3 Å². The zero-order valence-corrected chi connectivity index (χ0v) is 15.1. The van der Waals surface area contributed by atoms with Gasteiger partial charge in [0.05, 0.1) is 23.3 Å². The topological polar surface area (TPSA) is 54.9 Å². The van der Waals surface area contributed by atoms with Crippen LogP contribution in [0.3, 0.4) is 0 Å². The molecule has 0 spiro atoms. The van der Waals surface area contributed by atoms with Crippen LogP contribution in [0.5, 0.6) is 0 Å². The number of para-hydroxylation sites is 1. The second-order valence-electron chi connectivity index (χ2n) is 6.02. The van der Waals surface area contributed by atoms with Gasteiger partial charge in [-0.2, -0.15) is 0 Å². The summed E-state index contributed by atoms with van der Waals surface area (Å²) in [5.41, 5.74) is 4.26. The molecule has 4 nitrogen and oxygen atoms in total. The molecule has 128 valence electrons. The molecule has 4 rings (SSSR count). The Bertz CT molecular complexity index is 1070. The minimum Gasteiger partial charge on any atom is -0.347 e. The van der Waals surface area contributed by atoms with Crippen molar-refractivity contribution in [3.63, 3.8) is 0 Å². The van der Waals surface area contributed by atoms with E-state index in [9.17, 15) is 4.79 Å². The van der Waals surface area contributed by atoms with E-state index in [4.69, 9.17) is 4.98 Å². The van der Waals surface area contributed by atoms with Gasteiger partial charge in [0.25, 0.3) is 5.91 Å². The van der Waals surface area contributed by atoms with E-state index < -0.39 is 0 Å². The third kappa shape index (κ3) is 3.21. The number of pyridine rings is 2. The molecule has 3 aromatic heterocycles. The third-order valence-electron chi connectivity index (χ3n) is 4.30. The normalized spacial score (nSPS) is 10.8. The van der Waals surface area contributed by atoms with E-state index in [1.807, 2.05) is 47.8 Å². The van der Waals surface area contributed by atoms with Gasteiger partial charge in [-0.25, -0.2) is 4.98 Å². The summed E-state index contributed by atoms with van der Waals surface area (Å²) < 4.78 is 0. The molecule has 0 aliphatic carbocycles. The van der Waals surface area contributed by atoms with Crippen molar-refractivity contribution in [2.45, 2.75) is 13.5 Å². The van der Waals surface area contributed by atoms with Crippen LogP contribution in [-0.2, 0) is 6.54 Å². The third-order valence-corrected chi connectivity index (χ3v) is 5.32. The van der Waals surface area contributed by atoms with Crippen molar-refractivity contribution in [1.29, 1.82) is 0 Å². The Morgan fingerprint density at radius 3 is 2.81 bits per heavy atom. The predicted molar refractivity (Wildman–Crippen MR) is 105 cm³/mol. The lowest BCUT2D eigenvalue weighted by molar-refractivity contribution is 0.0953. The van der Waals surface area contributed by atoms with E-state index >= 15 is 0 Å². The highest BCUT2D eigenvalue weighted by molar-refractivity contribution is 7.10. The average Bonchev–Trinajstić information content (AvgIpc) is 3.10. The molecular formula is C21H17N3OS. The maximum atomic E-state index is 12.9. The minimum atomic E-state index is -0.0958. The number of nitrogens with one attached hydrogen (secondary N) is 1. The van der Waals surface area contributed by atoms with Gasteiger partial charge in [-0.15, -0.1) is 11.3 Å². The molecule has 0 fully saturated rings. The first-order valence-electron chi connectivity index (χ1n) is 8.34. The van der Waals surface area contributed by atoms with Gasteiger partial charge in [0.2, 0.25) is 0 Å². The van der Waals surface area contributed by atoms with Gasteiger partial charge in [0.1, 0.15) is 0 Å². The van der Waals surface area contributed by atoms with Gasteiger partial charge in [0, 0.05) is 28.2 Å². The van der Waals surface area contributed by atoms with Gasteiger partial charge in [-0.3, -0.25) is 9.78 Å². The van der Waals surface area contributed by atoms with Crippen LogP contribution in [0.15, 0.2) is 66.3 Å².